The fourth-order valence-corrected chi connectivity index (χ4v) is 2.07. The molecule has 0 spiro atoms. The summed E-state index contributed by atoms with van der Waals surface area (Å²) >= 11 is 0. The first-order valence-electron chi connectivity index (χ1n) is 6.03. The van der Waals surface area contributed by atoms with Crippen molar-refractivity contribution in [2.75, 3.05) is 6.54 Å². The molecule has 3 heteroatoms. The molecular weight excluding hydrogens is 188 g/mol. The van der Waals surface area contributed by atoms with E-state index in [1.54, 1.807) is 0 Å². The highest BCUT2D eigenvalue weighted by Crippen LogP contribution is 2.26. The Hall–Kier alpha value is -0.730. The fraction of sp³-hybridized carbons (Fsp3) is 0.917. The maximum absolute atomic E-state index is 11.4. The van der Waals surface area contributed by atoms with Crippen LogP contribution < -0.4 is 10.6 Å². The Balaban J connectivity index is 2.06. The summed E-state index contributed by atoms with van der Waals surface area (Å²) in [6.45, 7) is 6.78. The second kappa shape index (κ2) is 5.38. The lowest BCUT2D eigenvalue weighted by atomic mass is 10.0. The fourth-order valence-electron chi connectivity index (χ4n) is 2.07. The summed E-state index contributed by atoms with van der Waals surface area (Å²) in [7, 11) is 0. The van der Waals surface area contributed by atoms with Gasteiger partial charge in [0, 0.05) is 12.1 Å². The highest BCUT2D eigenvalue weighted by molar-refractivity contribution is 5.74. The van der Waals surface area contributed by atoms with E-state index in [1.807, 2.05) is 20.8 Å². The quantitative estimate of drug-likeness (QED) is 0.742. The van der Waals surface area contributed by atoms with Crippen molar-refractivity contribution in [1.29, 1.82) is 0 Å². The third kappa shape index (κ3) is 5.65. The van der Waals surface area contributed by atoms with Gasteiger partial charge in [-0.15, -0.1) is 0 Å². The molecule has 0 aromatic carbocycles. The van der Waals surface area contributed by atoms with Crippen molar-refractivity contribution in [3.8, 4) is 0 Å². The van der Waals surface area contributed by atoms with Gasteiger partial charge in [-0.3, -0.25) is 0 Å². The highest BCUT2D eigenvalue weighted by Gasteiger charge is 2.16. The topological polar surface area (TPSA) is 41.1 Å². The lowest BCUT2D eigenvalue weighted by Crippen LogP contribution is -2.46. The summed E-state index contributed by atoms with van der Waals surface area (Å²) in [4.78, 5) is 11.4. The minimum Gasteiger partial charge on any atom is -0.338 e. The van der Waals surface area contributed by atoms with E-state index in [4.69, 9.17) is 0 Å². The molecule has 88 valence electrons. The van der Waals surface area contributed by atoms with Crippen LogP contribution in [0.15, 0.2) is 0 Å². The van der Waals surface area contributed by atoms with Crippen LogP contribution in [0.3, 0.4) is 0 Å². The zero-order valence-electron chi connectivity index (χ0n) is 10.2. The molecule has 0 aromatic rings. The molecule has 2 N–H and O–H groups in total. The zero-order chi connectivity index (χ0) is 11.3. The SMILES string of the molecule is CC(C)(C)NC(=O)NCCC1CCCC1. The number of carbonyl (C=O) groups is 1. The van der Waals surface area contributed by atoms with E-state index in [0.717, 1.165) is 18.9 Å². The Labute approximate surface area is 93.0 Å². The molecule has 1 fully saturated rings. The zero-order valence-corrected chi connectivity index (χ0v) is 10.2. The van der Waals surface area contributed by atoms with Crippen molar-refractivity contribution in [2.24, 2.45) is 5.92 Å². The predicted octanol–water partition coefficient (Wildman–Crippen LogP) is 2.66. The molecule has 0 bridgehead atoms. The van der Waals surface area contributed by atoms with Crippen LogP contribution in [0.25, 0.3) is 0 Å². The summed E-state index contributed by atoms with van der Waals surface area (Å²) in [6, 6.07) is -0.0412. The van der Waals surface area contributed by atoms with Crippen molar-refractivity contribution >= 4 is 6.03 Å². The molecule has 2 amide bonds. The molecule has 0 saturated heterocycles. The molecule has 0 aromatic heterocycles. The van der Waals surface area contributed by atoms with E-state index in [9.17, 15) is 4.79 Å². The van der Waals surface area contributed by atoms with Gasteiger partial charge >= 0.3 is 6.03 Å². The van der Waals surface area contributed by atoms with Crippen LogP contribution in [0.5, 0.6) is 0 Å². The molecule has 0 unspecified atom stereocenters. The molecule has 1 aliphatic rings. The van der Waals surface area contributed by atoms with Crippen molar-refractivity contribution in [3.63, 3.8) is 0 Å². The molecule has 15 heavy (non-hydrogen) atoms. The first-order chi connectivity index (χ1) is 6.97. The number of hydrogen-bond acceptors (Lipinski definition) is 1. The second-order valence-electron chi connectivity index (χ2n) is 5.57. The standard InChI is InChI=1S/C12H24N2O/c1-12(2,3)14-11(15)13-9-8-10-6-4-5-7-10/h10H,4-9H2,1-3H3,(H2,13,14,15). The smallest absolute Gasteiger partial charge is 0.315 e. The number of rotatable bonds is 3. The van der Waals surface area contributed by atoms with Gasteiger partial charge in [0.1, 0.15) is 0 Å². The first-order valence-corrected chi connectivity index (χ1v) is 6.03. The third-order valence-corrected chi connectivity index (χ3v) is 2.80. The molecule has 1 saturated carbocycles. The normalized spacial score (nSPS) is 17.8. The van der Waals surface area contributed by atoms with Crippen molar-refractivity contribution in [3.05, 3.63) is 0 Å². The van der Waals surface area contributed by atoms with Gasteiger partial charge in [0.25, 0.3) is 0 Å². The Morgan fingerprint density at radius 3 is 2.40 bits per heavy atom. The summed E-state index contributed by atoms with van der Waals surface area (Å²) in [5.74, 6) is 0.847. The molecule has 0 radical (unpaired) electrons. The van der Waals surface area contributed by atoms with Crippen LogP contribution in [0.2, 0.25) is 0 Å². The van der Waals surface area contributed by atoms with Crippen molar-refractivity contribution in [1.82, 2.24) is 10.6 Å². The Morgan fingerprint density at radius 1 is 1.27 bits per heavy atom. The predicted molar refractivity (Wildman–Crippen MR) is 62.9 cm³/mol. The van der Waals surface area contributed by atoms with E-state index in [1.165, 1.54) is 25.7 Å². The van der Waals surface area contributed by atoms with Crippen molar-refractivity contribution < 1.29 is 4.79 Å². The van der Waals surface area contributed by atoms with Gasteiger partial charge in [-0.2, -0.15) is 0 Å². The minimum absolute atomic E-state index is 0.0412. The summed E-state index contributed by atoms with van der Waals surface area (Å²) in [5, 5.41) is 5.81. The lowest BCUT2D eigenvalue weighted by Gasteiger charge is -2.21. The number of carbonyl (C=O) groups excluding carboxylic acids is 1. The van der Waals surface area contributed by atoms with Gasteiger partial charge in [0.2, 0.25) is 0 Å². The van der Waals surface area contributed by atoms with Gasteiger partial charge in [0.05, 0.1) is 0 Å². The number of amides is 2. The van der Waals surface area contributed by atoms with Gasteiger partial charge in [0.15, 0.2) is 0 Å². The van der Waals surface area contributed by atoms with Crippen LogP contribution in [0.1, 0.15) is 52.9 Å². The van der Waals surface area contributed by atoms with E-state index < -0.39 is 0 Å². The van der Waals surface area contributed by atoms with Gasteiger partial charge < -0.3 is 10.6 Å². The van der Waals surface area contributed by atoms with E-state index in [2.05, 4.69) is 10.6 Å². The van der Waals surface area contributed by atoms with Gasteiger partial charge in [-0.05, 0) is 33.1 Å². The summed E-state index contributed by atoms with van der Waals surface area (Å²) in [5.41, 5.74) is -0.141. The van der Waals surface area contributed by atoms with Crippen LogP contribution in [-0.4, -0.2) is 18.1 Å². The van der Waals surface area contributed by atoms with Crippen LogP contribution in [0, 0.1) is 5.92 Å². The molecule has 3 nitrogen and oxygen atoms in total. The number of hydrogen-bond donors (Lipinski definition) is 2. The van der Waals surface area contributed by atoms with Crippen LogP contribution in [-0.2, 0) is 0 Å². The van der Waals surface area contributed by atoms with Crippen LogP contribution >= 0.6 is 0 Å². The van der Waals surface area contributed by atoms with Gasteiger partial charge in [-0.25, -0.2) is 4.79 Å². The molecule has 0 atom stereocenters. The second-order valence-corrected chi connectivity index (χ2v) is 5.57. The van der Waals surface area contributed by atoms with E-state index in [-0.39, 0.29) is 11.6 Å². The summed E-state index contributed by atoms with van der Waals surface area (Å²) < 4.78 is 0. The third-order valence-electron chi connectivity index (χ3n) is 2.80. The summed E-state index contributed by atoms with van der Waals surface area (Å²) in [6.07, 6.45) is 6.58. The van der Waals surface area contributed by atoms with Gasteiger partial charge in [-0.1, -0.05) is 25.7 Å². The maximum atomic E-state index is 11.4. The van der Waals surface area contributed by atoms with Crippen molar-refractivity contribution in [2.45, 2.75) is 58.4 Å². The minimum atomic E-state index is -0.141. The van der Waals surface area contributed by atoms with E-state index in [0.29, 0.717) is 0 Å². The Bertz CT molecular complexity index is 202. The molecule has 1 rings (SSSR count). The maximum Gasteiger partial charge on any atom is 0.315 e. The Morgan fingerprint density at radius 2 is 1.87 bits per heavy atom. The molecule has 0 heterocycles. The van der Waals surface area contributed by atoms with Crippen LogP contribution in [0.4, 0.5) is 4.79 Å². The molecule has 1 aliphatic carbocycles. The largest absolute Gasteiger partial charge is 0.338 e. The average molecular weight is 212 g/mol. The average Bonchev–Trinajstić information content (AvgIpc) is 2.53. The first kappa shape index (κ1) is 12.3. The lowest BCUT2D eigenvalue weighted by molar-refractivity contribution is 0.231. The molecule has 0 aliphatic heterocycles. The number of nitrogens with one attached hydrogen (secondary N) is 2. The highest BCUT2D eigenvalue weighted by atomic mass is 16.2. The van der Waals surface area contributed by atoms with E-state index >= 15 is 0 Å². The Kier molecular flexibility index (Phi) is 4.43. The number of urea groups is 1. The monoisotopic (exact) mass is 212 g/mol. The molecular formula is C12H24N2O.